The Morgan fingerprint density at radius 1 is 1.19 bits per heavy atom. The summed E-state index contributed by atoms with van der Waals surface area (Å²) in [7, 11) is 0. The predicted molar refractivity (Wildman–Crippen MR) is 127 cm³/mol. The van der Waals surface area contributed by atoms with Crippen molar-refractivity contribution in [2.45, 2.75) is 70.9 Å². The quantitative estimate of drug-likeness (QED) is 0.642. The van der Waals surface area contributed by atoms with E-state index in [0.717, 1.165) is 48.8 Å². The van der Waals surface area contributed by atoms with Gasteiger partial charge in [0, 0.05) is 31.5 Å². The number of nitrogens with one attached hydrogen (secondary N) is 1. The lowest BCUT2D eigenvalue weighted by Gasteiger charge is -2.41. The summed E-state index contributed by atoms with van der Waals surface area (Å²) in [5, 5.41) is 3.58. The van der Waals surface area contributed by atoms with Crippen LogP contribution in [0.5, 0.6) is 0 Å². The molecule has 2 amide bonds. The molecule has 3 aliphatic rings. The molecule has 3 N–H and O–H groups in total. The summed E-state index contributed by atoms with van der Waals surface area (Å²) < 4.78 is 5.53. The Hall–Kier alpha value is -2.12. The first-order valence-electron chi connectivity index (χ1n) is 12.2. The number of fused-ring (bicyclic) bond motifs is 1. The Morgan fingerprint density at radius 3 is 2.53 bits per heavy atom. The molecule has 2 aliphatic carbocycles. The molecule has 0 bridgehead atoms. The van der Waals surface area contributed by atoms with Gasteiger partial charge < -0.3 is 20.7 Å². The van der Waals surface area contributed by atoms with Gasteiger partial charge in [-0.25, -0.2) is 4.79 Å². The minimum Gasteiger partial charge on any atom is -0.446 e. The number of rotatable bonds is 8. The lowest BCUT2D eigenvalue weighted by molar-refractivity contribution is -0.120. The number of benzene rings is 1. The molecule has 7 nitrogen and oxygen atoms in total. The fourth-order valence-electron chi connectivity index (χ4n) is 4.69. The lowest BCUT2D eigenvalue weighted by atomic mass is 9.85. The number of hydrogen-bond acceptors (Lipinski definition) is 5. The smallest absolute Gasteiger partial charge is 0.414 e. The molecule has 2 saturated carbocycles. The maximum atomic E-state index is 13.1. The molecule has 32 heavy (non-hydrogen) atoms. The molecule has 2 fully saturated rings. The Labute approximate surface area is 191 Å². The van der Waals surface area contributed by atoms with Gasteiger partial charge in [0.15, 0.2) is 0 Å². The highest BCUT2D eigenvalue weighted by molar-refractivity contribution is 6.04. The van der Waals surface area contributed by atoms with Crippen LogP contribution >= 0.6 is 0 Å². The van der Waals surface area contributed by atoms with Crippen LogP contribution in [0, 0.1) is 11.8 Å². The van der Waals surface area contributed by atoms with Gasteiger partial charge in [0.1, 0.15) is 0 Å². The average Bonchev–Trinajstić information content (AvgIpc) is 3.56. The fraction of sp³-hybridized carbons (Fsp3) is 0.680. The molecule has 1 heterocycles. The van der Waals surface area contributed by atoms with Gasteiger partial charge in [0.25, 0.3) is 0 Å². The molecule has 0 spiro atoms. The molecule has 1 aromatic carbocycles. The average molecular weight is 443 g/mol. The SMILES string of the molecule is CC(C)OC(=O)N1C[C@H](C)N(C(=O)C2CC2)c2ccc(C(CN)CNCC3CCC3)cc21. The minimum atomic E-state index is -0.365. The van der Waals surface area contributed by atoms with Crippen LogP contribution in [-0.4, -0.2) is 50.3 Å². The van der Waals surface area contributed by atoms with E-state index < -0.39 is 0 Å². The van der Waals surface area contributed by atoms with Crippen molar-refractivity contribution in [3.63, 3.8) is 0 Å². The summed E-state index contributed by atoms with van der Waals surface area (Å²) in [6.07, 6.45) is 5.31. The predicted octanol–water partition coefficient (Wildman–Crippen LogP) is 3.62. The van der Waals surface area contributed by atoms with E-state index >= 15 is 0 Å². The largest absolute Gasteiger partial charge is 0.446 e. The molecule has 176 valence electrons. The van der Waals surface area contributed by atoms with Crippen LogP contribution < -0.4 is 20.9 Å². The van der Waals surface area contributed by atoms with E-state index in [9.17, 15) is 9.59 Å². The zero-order valence-corrected chi connectivity index (χ0v) is 19.7. The zero-order chi connectivity index (χ0) is 22.8. The minimum absolute atomic E-state index is 0.101. The molecule has 1 aliphatic heterocycles. The number of anilines is 2. The highest BCUT2D eigenvalue weighted by Crippen LogP contribution is 2.42. The molecule has 0 radical (unpaired) electrons. The van der Waals surface area contributed by atoms with Gasteiger partial charge in [-0.1, -0.05) is 12.5 Å². The molecule has 4 rings (SSSR count). The Kier molecular flexibility index (Phi) is 7.05. The van der Waals surface area contributed by atoms with Crippen LogP contribution in [0.25, 0.3) is 0 Å². The fourth-order valence-corrected chi connectivity index (χ4v) is 4.69. The maximum Gasteiger partial charge on any atom is 0.414 e. The van der Waals surface area contributed by atoms with Crippen molar-refractivity contribution in [2.24, 2.45) is 17.6 Å². The summed E-state index contributed by atoms with van der Waals surface area (Å²) in [5.41, 5.74) is 8.77. The second kappa shape index (κ2) is 9.79. The van der Waals surface area contributed by atoms with E-state index in [1.807, 2.05) is 37.8 Å². The van der Waals surface area contributed by atoms with Crippen molar-refractivity contribution in [3.05, 3.63) is 23.8 Å². The van der Waals surface area contributed by atoms with Crippen molar-refractivity contribution in [3.8, 4) is 0 Å². The van der Waals surface area contributed by atoms with E-state index in [0.29, 0.717) is 13.1 Å². The van der Waals surface area contributed by atoms with Gasteiger partial charge in [0.05, 0.1) is 23.5 Å². The van der Waals surface area contributed by atoms with E-state index in [1.54, 1.807) is 4.90 Å². The van der Waals surface area contributed by atoms with Crippen LogP contribution in [0.15, 0.2) is 18.2 Å². The van der Waals surface area contributed by atoms with Crippen molar-refractivity contribution in [2.75, 3.05) is 36.0 Å². The number of carbonyl (C=O) groups excluding carboxylic acids is 2. The number of carbonyl (C=O) groups is 2. The summed E-state index contributed by atoms with van der Waals surface area (Å²) in [6.45, 7) is 8.49. The van der Waals surface area contributed by atoms with Crippen molar-refractivity contribution < 1.29 is 14.3 Å². The Morgan fingerprint density at radius 2 is 1.94 bits per heavy atom. The lowest BCUT2D eigenvalue weighted by Crippen LogP contribution is -2.52. The molecule has 7 heteroatoms. The number of amides is 2. The Bertz CT molecular complexity index is 834. The van der Waals surface area contributed by atoms with Crippen molar-refractivity contribution in [1.82, 2.24) is 5.32 Å². The topological polar surface area (TPSA) is 87.9 Å². The molecular weight excluding hydrogens is 404 g/mol. The Balaban J connectivity index is 1.60. The van der Waals surface area contributed by atoms with Gasteiger partial charge in [-0.2, -0.15) is 0 Å². The molecule has 0 saturated heterocycles. The number of nitrogens with two attached hydrogens (primary N) is 1. The third-order valence-corrected chi connectivity index (χ3v) is 6.96. The molecule has 1 aromatic rings. The van der Waals surface area contributed by atoms with E-state index in [1.165, 1.54) is 19.3 Å². The van der Waals surface area contributed by atoms with E-state index in [-0.39, 0.29) is 36.0 Å². The van der Waals surface area contributed by atoms with Gasteiger partial charge >= 0.3 is 6.09 Å². The monoisotopic (exact) mass is 442 g/mol. The first-order valence-corrected chi connectivity index (χ1v) is 12.2. The first-order chi connectivity index (χ1) is 15.4. The molecule has 2 atom stereocenters. The second-order valence-electron chi connectivity index (χ2n) is 10.0. The van der Waals surface area contributed by atoms with Crippen LogP contribution in [-0.2, 0) is 9.53 Å². The van der Waals surface area contributed by atoms with E-state index in [4.69, 9.17) is 10.5 Å². The van der Waals surface area contributed by atoms with Crippen LogP contribution in [0.3, 0.4) is 0 Å². The molecule has 0 aromatic heterocycles. The highest BCUT2D eigenvalue weighted by Gasteiger charge is 2.41. The number of ether oxygens (including phenoxy) is 1. The van der Waals surface area contributed by atoms with Crippen LogP contribution in [0.1, 0.15) is 64.4 Å². The van der Waals surface area contributed by atoms with Crippen molar-refractivity contribution >= 4 is 23.4 Å². The van der Waals surface area contributed by atoms with Gasteiger partial charge in [-0.3, -0.25) is 9.69 Å². The highest BCUT2D eigenvalue weighted by atomic mass is 16.6. The number of hydrogen-bond donors (Lipinski definition) is 2. The maximum absolute atomic E-state index is 13.1. The number of nitrogens with zero attached hydrogens (tertiary/aromatic N) is 2. The summed E-state index contributed by atoms with van der Waals surface area (Å²) in [6, 6.07) is 6.00. The third kappa shape index (κ3) is 4.94. The third-order valence-electron chi connectivity index (χ3n) is 6.96. The van der Waals surface area contributed by atoms with Gasteiger partial charge in [-0.15, -0.1) is 0 Å². The summed E-state index contributed by atoms with van der Waals surface area (Å²) in [4.78, 5) is 29.6. The second-order valence-corrected chi connectivity index (χ2v) is 10.0. The van der Waals surface area contributed by atoms with Gasteiger partial charge in [-0.05, 0) is 76.6 Å². The van der Waals surface area contributed by atoms with Crippen LogP contribution in [0.4, 0.5) is 16.2 Å². The summed E-state index contributed by atoms with van der Waals surface area (Å²) in [5.74, 6) is 1.23. The van der Waals surface area contributed by atoms with E-state index in [2.05, 4.69) is 11.4 Å². The zero-order valence-electron chi connectivity index (χ0n) is 19.7. The molecular formula is C25H38N4O3. The summed E-state index contributed by atoms with van der Waals surface area (Å²) >= 11 is 0. The van der Waals surface area contributed by atoms with Crippen molar-refractivity contribution in [1.29, 1.82) is 0 Å². The first kappa shape index (κ1) is 23.1. The normalized spacial score (nSPS) is 21.8. The standard InChI is InChI=1S/C25H38N4O3/c1-16(2)32-25(31)28-15-17(3)29(24(30)19-7-8-19)22-10-9-20(11-23(22)28)21(12-26)14-27-13-18-5-4-6-18/h9-11,16-19,21,27H,4-8,12-15,26H2,1-3H3/t17-,21?/m0/s1. The van der Waals surface area contributed by atoms with Gasteiger partial charge in [0.2, 0.25) is 5.91 Å². The van der Waals surface area contributed by atoms with Crippen LogP contribution in [0.2, 0.25) is 0 Å². The molecule has 1 unspecified atom stereocenters.